The standard InChI is InChI=1S/C19H23FN2O5S/c1-21(2)28(24,25)18-13-14(5-10-17(18)26-4)19(23)22(3)11-12-27-16-8-6-15(20)7-9-16/h5-10,13H,11-12H2,1-4H3. The lowest BCUT2D eigenvalue weighted by atomic mass is 10.2. The predicted molar refractivity (Wildman–Crippen MR) is 103 cm³/mol. The summed E-state index contributed by atoms with van der Waals surface area (Å²) in [5.41, 5.74) is 0.213. The highest BCUT2D eigenvalue weighted by Crippen LogP contribution is 2.27. The van der Waals surface area contributed by atoms with Crippen LogP contribution in [0.15, 0.2) is 47.4 Å². The van der Waals surface area contributed by atoms with Crippen molar-refractivity contribution >= 4 is 15.9 Å². The van der Waals surface area contributed by atoms with Gasteiger partial charge in [0.1, 0.15) is 28.8 Å². The van der Waals surface area contributed by atoms with Crippen LogP contribution in [0.3, 0.4) is 0 Å². The van der Waals surface area contributed by atoms with E-state index in [0.29, 0.717) is 5.75 Å². The Morgan fingerprint density at radius 1 is 1.07 bits per heavy atom. The minimum Gasteiger partial charge on any atom is -0.495 e. The maximum absolute atomic E-state index is 12.9. The van der Waals surface area contributed by atoms with Gasteiger partial charge in [0.15, 0.2) is 0 Å². The fourth-order valence-corrected chi connectivity index (χ4v) is 3.44. The van der Waals surface area contributed by atoms with Crippen LogP contribution in [0.2, 0.25) is 0 Å². The number of amides is 1. The molecule has 0 aromatic heterocycles. The molecule has 0 saturated carbocycles. The van der Waals surface area contributed by atoms with E-state index in [9.17, 15) is 17.6 Å². The third-order valence-corrected chi connectivity index (χ3v) is 5.86. The van der Waals surface area contributed by atoms with Gasteiger partial charge in [-0.3, -0.25) is 4.79 Å². The largest absolute Gasteiger partial charge is 0.495 e. The molecule has 7 nitrogen and oxygen atoms in total. The lowest BCUT2D eigenvalue weighted by Gasteiger charge is -2.19. The maximum atomic E-state index is 12.9. The fraction of sp³-hybridized carbons (Fsp3) is 0.316. The first kappa shape index (κ1) is 21.6. The topological polar surface area (TPSA) is 76.1 Å². The van der Waals surface area contributed by atoms with Crippen molar-refractivity contribution in [1.29, 1.82) is 0 Å². The van der Waals surface area contributed by atoms with E-state index >= 15 is 0 Å². The average Bonchev–Trinajstić information content (AvgIpc) is 2.68. The second-order valence-electron chi connectivity index (χ2n) is 6.18. The van der Waals surface area contributed by atoms with Gasteiger partial charge in [-0.25, -0.2) is 17.1 Å². The van der Waals surface area contributed by atoms with Crippen molar-refractivity contribution in [3.8, 4) is 11.5 Å². The van der Waals surface area contributed by atoms with E-state index in [4.69, 9.17) is 9.47 Å². The highest BCUT2D eigenvalue weighted by atomic mass is 32.2. The highest BCUT2D eigenvalue weighted by molar-refractivity contribution is 7.89. The molecule has 2 aromatic carbocycles. The van der Waals surface area contributed by atoms with E-state index in [2.05, 4.69) is 0 Å². The van der Waals surface area contributed by atoms with Gasteiger partial charge in [0.2, 0.25) is 10.0 Å². The molecule has 9 heteroatoms. The summed E-state index contributed by atoms with van der Waals surface area (Å²) < 4.78 is 49.5. The summed E-state index contributed by atoms with van der Waals surface area (Å²) >= 11 is 0. The maximum Gasteiger partial charge on any atom is 0.253 e. The van der Waals surface area contributed by atoms with E-state index in [1.165, 1.54) is 68.6 Å². The molecule has 0 aliphatic rings. The number of hydrogen-bond donors (Lipinski definition) is 0. The van der Waals surface area contributed by atoms with Gasteiger partial charge in [0, 0.05) is 26.7 Å². The van der Waals surface area contributed by atoms with Crippen LogP contribution in [0.5, 0.6) is 11.5 Å². The van der Waals surface area contributed by atoms with Gasteiger partial charge in [-0.15, -0.1) is 0 Å². The summed E-state index contributed by atoms with van der Waals surface area (Å²) in [5, 5.41) is 0. The number of nitrogens with zero attached hydrogens (tertiary/aromatic N) is 2. The molecule has 152 valence electrons. The smallest absolute Gasteiger partial charge is 0.253 e. The zero-order valence-electron chi connectivity index (χ0n) is 16.2. The van der Waals surface area contributed by atoms with Gasteiger partial charge < -0.3 is 14.4 Å². The van der Waals surface area contributed by atoms with Crippen molar-refractivity contribution in [3.63, 3.8) is 0 Å². The van der Waals surface area contributed by atoms with Crippen molar-refractivity contribution in [3.05, 3.63) is 53.8 Å². The zero-order valence-corrected chi connectivity index (χ0v) is 17.0. The van der Waals surface area contributed by atoms with Crippen molar-refractivity contribution in [2.45, 2.75) is 4.90 Å². The van der Waals surface area contributed by atoms with Gasteiger partial charge in [-0.1, -0.05) is 0 Å². The second kappa shape index (κ2) is 9.03. The van der Waals surface area contributed by atoms with Crippen LogP contribution >= 0.6 is 0 Å². The first-order valence-corrected chi connectivity index (χ1v) is 9.85. The number of halogens is 1. The SMILES string of the molecule is COc1ccc(C(=O)N(C)CCOc2ccc(F)cc2)cc1S(=O)(=O)N(C)C. The Kier molecular flexibility index (Phi) is 6.98. The molecule has 0 spiro atoms. The fourth-order valence-electron chi connectivity index (χ4n) is 2.36. The number of rotatable bonds is 8. The molecule has 0 bridgehead atoms. The molecule has 1 amide bonds. The summed E-state index contributed by atoms with van der Waals surface area (Å²) in [6.45, 7) is 0.463. The third kappa shape index (κ3) is 4.99. The molecule has 28 heavy (non-hydrogen) atoms. The number of hydrogen-bond acceptors (Lipinski definition) is 5. The summed E-state index contributed by atoms with van der Waals surface area (Å²) in [6.07, 6.45) is 0. The normalized spacial score (nSPS) is 11.4. The molecule has 0 atom stereocenters. The minimum absolute atomic E-state index is 0.0817. The highest BCUT2D eigenvalue weighted by Gasteiger charge is 2.24. The Labute approximate surface area is 164 Å². The van der Waals surface area contributed by atoms with Crippen molar-refractivity contribution < 1.29 is 27.1 Å². The number of methoxy groups -OCH3 is 1. The van der Waals surface area contributed by atoms with E-state index in [0.717, 1.165) is 4.31 Å². The Morgan fingerprint density at radius 2 is 1.71 bits per heavy atom. The van der Waals surface area contributed by atoms with Gasteiger partial charge in [0.05, 0.1) is 13.7 Å². The number of sulfonamides is 1. The molecule has 2 aromatic rings. The first-order valence-electron chi connectivity index (χ1n) is 8.41. The quantitative estimate of drug-likeness (QED) is 0.667. The molecule has 0 saturated heterocycles. The number of benzene rings is 2. The third-order valence-electron chi connectivity index (χ3n) is 4.02. The van der Waals surface area contributed by atoms with E-state index in [1.54, 1.807) is 7.05 Å². The van der Waals surface area contributed by atoms with Gasteiger partial charge in [-0.05, 0) is 42.5 Å². The Bertz CT molecular complexity index is 930. The number of likely N-dealkylation sites (N-methyl/N-ethyl adjacent to an activating group) is 1. The van der Waals surface area contributed by atoms with Gasteiger partial charge in [0.25, 0.3) is 5.91 Å². The molecule has 2 rings (SSSR count). The zero-order chi connectivity index (χ0) is 20.9. The van der Waals surface area contributed by atoms with Crippen LogP contribution in [0.4, 0.5) is 4.39 Å². The molecule has 0 heterocycles. The Morgan fingerprint density at radius 3 is 2.29 bits per heavy atom. The molecule has 0 aliphatic carbocycles. The van der Waals surface area contributed by atoms with Crippen LogP contribution in [-0.4, -0.2) is 64.9 Å². The summed E-state index contributed by atoms with van der Waals surface area (Å²) in [6, 6.07) is 9.83. The van der Waals surface area contributed by atoms with Crippen molar-refractivity contribution in [2.75, 3.05) is 41.4 Å². The lowest BCUT2D eigenvalue weighted by Crippen LogP contribution is -2.31. The van der Waals surface area contributed by atoms with Crippen LogP contribution in [0.1, 0.15) is 10.4 Å². The molecule has 0 aliphatic heterocycles. The molecular weight excluding hydrogens is 387 g/mol. The predicted octanol–water partition coefficient (Wildman–Crippen LogP) is 2.24. The average molecular weight is 410 g/mol. The summed E-state index contributed by atoms with van der Waals surface area (Å²) in [7, 11) is 1.98. The van der Waals surface area contributed by atoms with Crippen LogP contribution in [-0.2, 0) is 10.0 Å². The molecule has 0 unspecified atom stereocenters. The van der Waals surface area contributed by atoms with Crippen molar-refractivity contribution in [1.82, 2.24) is 9.21 Å². The van der Waals surface area contributed by atoms with E-state index in [1.807, 2.05) is 0 Å². The summed E-state index contributed by atoms with van der Waals surface area (Å²) in [5.74, 6) is -0.0678. The van der Waals surface area contributed by atoms with Crippen molar-refractivity contribution in [2.24, 2.45) is 0 Å². The van der Waals surface area contributed by atoms with E-state index in [-0.39, 0.29) is 41.1 Å². The summed E-state index contributed by atoms with van der Waals surface area (Å²) in [4.78, 5) is 14.0. The Balaban J connectivity index is 2.11. The number of ether oxygens (including phenoxy) is 2. The molecular formula is C19H23FN2O5S. The molecule has 0 N–H and O–H groups in total. The van der Waals surface area contributed by atoms with Gasteiger partial charge >= 0.3 is 0 Å². The van der Waals surface area contributed by atoms with Crippen LogP contribution in [0.25, 0.3) is 0 Å². The minimum atomic E-state index is -3.78. The lowest BCUT2D eigenvalue weighted by molar-refractivity contribution is 0.0773. The van der Waals surface area contributed by atoms with Crippen LogP contribution in [0, 0.1) is 5.82 Å². The monoisotopic (exact) mass is 410 g/mol. The number of carbonyl (C=O) groups excluding carboxylic acids is 1. The Hall–Kier alpha value is -2.65. The second-order valence-corrected chi connectivity index (χ2v) is 8.30. The molecule has 0 fully saturated rings. The number of carbonyl (C=O) groups is 1. The first-order chi connectivity index (χ1) is 13.2. The van der Waals surface area contributed by atoms with Crippen LogP contribution < -0.4 is 9.47 Å². The van der Waals surface area contributed by atoms with Gasteiger partial charge in [-0.2, -0.15) is 0 Å². The van der Waals surface area contributed by atoms with E-state index < -0.39 is 10.0 Å². The molecule has 0 radical (unpaired) electrons.